The number of halogens is 1. The number of para-hydroxylation sites is 2. The molecular weight excluding hydrogens is 255 g/mol. The lowest BCUT2D eigenvalue weighted by Crippen LogP contribution is -2.22. The first-order valence-electron chi connectivity index (χ1n) is 3.39. The highest BCUT2D eigenvalue weighted by Gasteiger charge is 2.16. The fraction of sp³-hybridized carbons (Fsp3) is 0.250. The molecule has 1 atom stereocenters. The van der Waals surface area contributed by atoms with E-state index in [0.29, 0.717) is 6.61 Å². The Labute approximate surface area is 78.6 Å². The van der Waals surface area contributed by atoms with Crippen LogP contribution in [0.2, 0.25) is 0 Å². The first-order valence-corrected chi connectivity index (χ1v) is 4.63. The Balaban J connectivity index is 2.34. The van der Waals surface area contributed by atoms with Crippen molar-refractivity contribution in [2.24, 2.45) is 0 Å². The molecule has 2 nitrogen and oxygen atoms in total. The Kier molecular flexibility index (Phi) is 1.89. The monoisotopic (exact) mass is 262 g/mol. The van der Waals surface area contributed by atoms with Gasteiger partial charge in [-0.05, 0) is 34.7 Å². The van der Waals surface area contributed by atoms with Crippen LogP contribution in [0.3, 0.4) is 0 Å². The van der Waals surface area contributed by atoms with Crippen molar-refractivity contribution in [3.8, 4) is 11.5 Å². The lowest BCUT2D eigenvalue weighted by Gasteiger charge is -2.22. The van der Waals surface area contributed by atoms with Gasteiger partial charge in [-0.2, -0.15) is 0 Å². The number of ether oxygens (including phenoxy) is 2. The second-order valence-electron chi connectivity index (χ2n) is 2.29. The molecule has 0 radical (unpaired) electrons. The largest absolute Gasteiger partial charge is 0.485 e. The van der Waals surface area contributed by atoms with Gasteiger partial charge >= 0.3 is 0 Å². The summed E-state index contributed by atoms with van der Waals surface area (Å²) in [6, 6.07) is 7.71. The van der Waals surface area contributed by atoms with E-state index in [-0.39, 0.29) is 4.11 Å². The third-order valence-electron chi connectivity index (χ3n) is 1.47. The van der Waals surface area contributed by atoms with Crippen LogP contribution in [0.1, 0.15) is 0 Å². The topological polar surface area (TPSA) is 18.5 Å². The molecule has 1 aromatic carbocycles. The maximum absolute atomic E-state index is 5.49. The summed E-state index contributed by atoms with van der Waals surface area (Å²) >= 11 is 2.21. The van der Waals surface area contributed by atoms with Gasteiger partial charge in [0.1, 0.15) is 6.61 Å². The van der Waals surface area contributed by atoms with Crippen molar-refractivity contribution < 1.29 is 9.47 Å². The molecule has 0 spiro atoms. The van der Waals surface area contributed by atoms with Gasteiger partial charge in [-0.3, -0.25) is 0 Å². The van der Waals surface area contributed by atoms with Gasteiger partial charge in [0, 0.05) is 0 Å². The Hall–Kier alpha value is -0.450. The van der Waals surface area contributed by atoms with E-state index >= 15 is 0 Å². The standard InChI is InChI=1S/C8H7IO2/c9-8-5-10-6-3-1-2-4-7(6)11-8/h1-4,8H,5H2/t8-/m1/s1. The highest BCUT2D eigenvalue weighted by molar-refractivity contribution is 14.1. The summed E-state index contributed by atoms with van der Waals surface area (Å²) in [7, 11) is 0. The molecule has 0 aromatic heterocycles. The SMILES string of the molecule is I[C@H]1COc2ccccc2O1. The highest BCUT2D eigenvalue weighted by atomic mass is 127. The normalized spacial score (nSPS) is 21.4. The minimum Gasteiger partial charge on any atom is -0.485 e. The van der Waals surface area contributed by atoms with E-state index in [9.17, 15) is 0 Å². The van der Waals surface area contributed by atoms with Crippen LogP contribution in [-0.4, -0.2) is 10.7 Å². The summed E-state index contributed by atoms with van der Waals surface area (Å²) in [5, 5.41) is 0. The lowest BCUT2D eigenvalue weighted by molar-refractivity contribution is 0.159. The van der Waals surface area contributed by atoms with E-state index in [1.54, 1.807) is 0 Å². The van der Waals surface area contributed by atoms with Crippen molar-refractivity contribution in [1.29, 1.82) is 0 Å². The van der Waals surface area contributed by atoms with Crippen LogP contribution in [-0.2, 0) is 0 Å². The van der Waals surface area contributed by atoms with E-state index in [0.717, 1.165) is 11.5 Å². The summed E-state index contributed by atoms with van der Waals surface area (Å²) in [5.74, 6) is 1.69. The van der Waals surface area contributed by atoms with Crippen LogP contribution < -0.4 is 9.47 Å². The molecule has 58 valence electrons. The van der Waals surface area contributed by atoms with Gasteiger partial charge in [-0.15, -0.1) is 0 Å². The first kappa shape index (κ1) is 7.21. The number of fused-ring (bicyclic) bond motifs is 1. The molecule has 1 heterocycles. The Morgan fingerprint density at radius 1 is 1.27 bits per heavy atom. The second kappa shape index (κ2) is 2.89. The van der Waals surface area contributed by atoms with Crippen molar-refractivity contribution >= 4 is 22.6 Å². The molecule has 0 aliphatic carbocycles. The van der Waals surface area contributed by atoms with E-state index in [2.05, 4.69) is 22.6 Å². The van der Waals surface area contributed by atoms with Gasteiger partial charge in [-0.1, -0.05) is 12.1 Å². The van der Waals surface area contributed by atoms with Gasteiger partial charge in [0.15, 0.2) is 15.6 Å². The maximum atomic E-state index is 5.49. The van der Waals surface area contributed by atoms with Crippen LogP contribution in [0, 0.1) is 0 Å². The van der Waals surface area contributed by atoms with E-state index < -0.39 is 0 Å². The number of hydrogen-bond acceptors (Lipinski definition) is 2. The summed E-state index contributed by atoms with van der Waals surface area (Å²) in [4.78, 5) is 0. The zero-order valence-electron chi connectivity index (χ0n) is 5.79. The molecule has 0 saturated heterocycles. The zero-order valence-corrected chi connectivity index (χ0v) is 7.95. The maximum Gasteiger partial charge on any atom is 0.183 e. The molecule has 0 bridgehead atoms. The van der Waals surface area contributed by atoms with Gasteiger partial charge in [0.2, 0.25) is 0 Å². The third kappa shape index (κ3) is 1.42. The average molecular weight is 262 g/mol. The fourth-order valence-electron chi connectivity index (χ4n) is 0.994. The minimum absolute atomic E-state index is 0.141. The molecule has 1 aromatic rings. The van der Waals surface area contributed by atoms with Crippen molar-refractivity contribution in [3.63, 3.8) is 0 Å². The summed E-state index contributed by atoms with van der Waals surface area (Å²) in [6.07, 6.45) is 0. The Bertz CT molecular complexity index is 262. The number of hydrogen-bond donors (Lipinski definition) is 0. The molecule has 0 saturated carbocycles. The molecule has 0 amide bonds. The molecule has 2 rings (SSSR count). The van der Waals surface area contributed by atoms with Crippen molar-refractivity contribution in [2.45, 2.75) is 4.11 Å². The van der Waals surface area contributed by atoms with Gasteiger partial charge in [0.25, 0.3) is 0 Å². The fourth-order valence-corrected chi connectivity index (χ4v) is 1.45. The van der Waals surface area contributed by atoms with Crippen LogP contribution in [0.5, 0.6) is 11.5 Å². The molecule has 0 N–H and O–H groups in total. The average Bonchev–Trinajstić information content (AvgIpc) is 2.04. The first-order chi connectivity index (χ1) is 5.36. The molecule has 3 heteroatoms. The number of alkyl halides is 1. The molecule has 11 heavy (non-hydrogen) atoms. The molecule has 0 unspecified atom stereocenters. The van der Waals surface area contributed by atoms with E-state index in [1.165, 1.54) is 0 Å². The van der Waals surface area contributed by atoms with Gasteiger partial charge in [0.05, 0.1) is 0 Å². The summed E-state index contributed by atoms with van der Waals surface area (Å²) in [6.45, 7) is 0.636. The number of benzene rings is 1. The molecule has 1 aliphatic heterocycles. The van der Waals surface area contributed by atoms with Crippen LogP contribution in [0.4, 0.5) is 0 Å². The van der Waals surface area contributed by atoms with Crippen molar-refractivity contribution in [1.82, 2.24) is 0 Å². The molecular formula is C8H7IO2. The van der Waals surface area contributed by atoms with Gasteiger partial charge < -0.3 is 9.47 Å². The highest BCUT2D eigenvalue weighted by Crippen LogP contribution is 2.32. The van der Waals surface area contributed by atoms with Crippen LogP contribution in [0.15, 0.2) is 24.3 Å². The van der Waals surface area contributed by atoms with Crippen LogP contribution in [0.25, 0.3) is 0 Å². The number of rotatable bonds is 0. The smallest absolute Gasteiger partial charge is 0.183 e. The van der Waals surface area contributed by atoms with E-state index in [4.69, 9.17) is 9.47 Å². The van der Waals surface area contributed by atoms with E-state index in [1.807, 2.05) is 24.3 Å². The Morgan fingerprint density at radius 3 is 2.82 bits per heavy atom. The van der Waals surface area contributed by atoms with Crippen molar-refractivity contribution in [3.05, 3.63) is 24.3 Å². The molecule has 1 aliphatic rings. The zero-order chi connectivity index (χ0) is 7.68. The van der Waals surface area contributed by atoms with Gasteiger partial charge in [-0.25, -0.2) is 0 Å². The summed E-state index contributed by atoms with van der Waals surface area (Å²) < 4.78 is 11.0. The predicted octanol–water partition coefficient (Wildman–Crippen LogP) is 2.22. The van der Waals surface area contributed by atoms with Crippen LogP contribution >= 0.6 is 22.6 Å². The predicted molar refractivity (Wildman–Crippen MR) is 50.4 cm³/mol. The Morgan fingerprint density at radius 2 is 2.00 bits per heavy atom. The third-order valence-corrected chi connectivity index (χ3v) is 2.09. The van der Waals surface area contributed by atoms with Crippen molar-refractivity contribution in [2.75, 3.05) is 6.61 Å². The minimum atomic E-state index is 0.141. The molecule has 0 fully saturated rings. The quantitative estimate of drug-likeness (QED) is 0.527. The summed E-state index contributed by atoms with van der Waals surface area (Å²) in [5.41, 5.74) is 0. The second-order valence-corrected chi connectivity index (χ2v) is 3.67. The lowest BCUT2D eigenvalue weighted by atomic mass is 10.3.